The second kappa shape index (κ2) is 5.53. The van der Waals surface area contributed by atoms with Crippen LogP contribution < -0.4 is 20.3 Å². The molecule has 5 heteroatoms. The first-order valence-electron chi connectivity index (χ1n) is 8.22. The SMILES string of the molecule is CN1c2ccc(OC(=O)Nc3ccccc3)cc2[C@]2(C)CCNC12. The zero-order chi connectivity index (χ0) is 16.7. The van der Waals surface area contributed by atoms with Gasteiger partial charge in [-0.05, 0) is 48.9 Å². The van der Waals surface area contributed by atoms with E-state index in [9.17, 15) is 4.79 Å². The van der Waals surface area contributed by atoms with Gasteiger partial charge < -0.3 is 9.64 Å². The number of hydrogen-bond donors (Lipinski definition) is 2. The number of fused-ring (bicyclic) bond motifs is 3. The standard InChI is InChI=1S/C19H21N3O2/c1-19-10-11-20-17(19)22(2)16-9-8-14(12-15(16)19)24-18(23)21-13-6-4-3-5-7-13/h3-9,12,17,20H,10-11H2,1-2H3,(H,21,23)/t17?,19-/m0/s1. The van der Waals surface area contributed by atoms with Crippen molar-refractivity contribution in [1.82, 2.24) is 5.32 Å². The number of likely N-dealkylation sites (N-methyl/N-ethyl adjacent to an activating group) is 1. The summed E-state index contributed by atoms with van der Waals surface area (Å²) in [6, 6.07) is 15.2. The van der Waals surface area contributed by atoms with Gasteiger partial charge in [0.2, 0.25) is 0 Å². The van der Waals surface area contributed by atoms with Crippen molar-refractivity contribution >= 4 is 17.5 Å². The lowest BCUT2D eigenvalue weighted by Gasteiger charge is -2.27. The van der Waals surface area contributed by atoms with Crippen molar-refractivity contribution in [2.75, 3.05) is 23.8 Å². The number of ether oxygens (including phenoxy) is 1. The third kappa shape index (κ3) is 2.32. The van der Waals surface area contributed by atoms with E-state index in [1.807, 2.05) is 48.5 Å². The molecule has 2 N–H and O–H groups in total. The molecule has 0 bridgehead atoms. The van der Waals surface area contributed by atoms with Crippen LogP contribution in [0.25, 0.3) is 0 Å². The zero-order valence-electron chi connectivity index (χ0n) is 13.9. The molecule has 2 aromatic rings. The molecule has 4 rings (SSSR count). The lowest BCUT2D eigenvalue weighted by Crippen LogP contribution is -2.44. The molecule has 1 unspecified atom stereocenters. The topological polar surface area (TPSA) is 53.6 Å². The molecule has 124 valence electrons. The van der Waals surface area contributed by atoms with Gasteiger partial charge in [0.15, 0.2) is 0 Å². The number of rotatable bonds is 2. The van der Waals surface area contributed by atoms with Crippen LogP contribution in [0.3, 0.4) is 0 Å². The van der Waals surface area contributed by atoms with Gasteiger partial charge >= 0.3 is 6.09 Å². The number of carbonyl (C=O) groups excluding carboxylic acids is 1. The fourth-order valence-electron chi connectivity index (χ4n) is 3.93. The lowest BCUT2D eigenvalue weighted by atomic mass is 9.81. The molecule has 0 radical (unpaired) electrons. The number of benzene rings is 2. The number of amides is 1. The third-order valence-electron chi connectivity index (χ3n) is 5.17. The molecule has 0 aliphatic carbocycles. The monoisotopic (exact) mass is 323 g/mol. The first-order chi connectivity index (χ1) is 11.6. The first kappa shape index (κ1) is 15.0. The van der Waals surface area contributed by atoms with Gasteiger partial charge in [-0.2, -0.15) is 0 Å². The number of anilines is 2. The summed E-state index contributed by atoms with van der Waals surface area (Å²) >= 11 is 0. The molecular weight excluding hydrogens is 302 g/mol. The van der Waals surface area contributed by atoms with Crippen LogP contribution in [-0.2, 0) is 5.41 Å². The van der Waals surface area contributed by atoms with Crippen molar-refractivity contribution in [2.24, 2.45) is 0 Å². The average Bonchev–Trinajstić information content (AvgIpc) is 3.05. The maximum absolute atomic E-state index is 12.1. The molecule has 0 spiro atoms. The molecule has 2 aromatic carbocycles. The van der Waals surface area contributed by atoms with Crippen LogP contribution in [0, 0.1) is 0 Å². The zero-order valence-corrected chi connectivity index (χ0v) is 13.9. The van der Waals surface area contributed by atoms with E-state index in [1.165, 1.54) is 11.3 Å². The third-order valence-corrected chi connectivity index (χ3v) is 5.17. The minimum Gasteiger partial charge on any atom is -0.410 e. The summed E-state index contributed by atoms with van der Waals surface area (Å²) in [4.78, 5) is 14.4. The van der Waals surface area contributed by atoms with Crippen LogP contribution in [0.2, 0.25) is 0 Å². The predicted octanol–water partition coefficient (Wildman–Crippen LogP) is 3.32. The number of nitrogens with zero attached hydrogens (tertiary/aromatic N) is 1. The minimum atomic E-state index is -0.473. The Labute approximate surface area is 141 Å². The van der Waals surface area contributed by atoms with Crippen molar-refractivity contribution < 1.29 is 9.53 Å². The number of nitrogens with one attached hydrogen (secondary N) is 2. The van der Waals surface area contributed by atoms with E-state index in [-0.39, 0.29) is 5.41 Å². The molecule has 5 nitrogen and oxygen atoms in total. The molecule has 2 aliphatic rings. The Bertz CT molecular complexity index is 777. The Morgan fingerprint density at radius 2 is 2.08 bits per heavy atom. The van der Waals surface area contributed by atoms with Gasteiger partial charge in [0.05, 0.1) is 6.17 Å². The summed E-state index contributed by atoms with van der Waals surface area (Å²) in [6.07, 6.45) is 0.911. The molecule has 1 fully saturated rings. The highest BCUT2D eigenvalue weighted by Gasteiger charge is 2.49. The molecule has 24 heavy (non-hydrogen) atoms. The van der Waals surface area contributed by atoms with Crippen LogP contribution in [0.15, 0.2) is 48.5 Å². The quantitative estimate of drug-likeness (QED) is 0.890. The largest absolute Gasteiger partial charge is 0.417 e. The van der Waals surface area contributed by atoms with Gasteiger partial charge in [0.25, 0.3) is 0 Å². The van der Waals surface area contributed by atoms with Crippen molar-refractivity contribution in [1.29, 1.82) is 0 Å². The van der Waals surface area contributed by atoms with Gasteiger partial charge in [-0.1, -0.05) is 25.1 Å². The van der Waals surface area contributed by atoms with Gasteiger partial charge in [-0.3, -0.25) is 10.6 Å². The minimum absolute atomic E-state index is 0.0549. The highest BCUT2D eigenvalue weighted by Crippen LogP contribution is 2.49. The molecule has 0 saturated carbocycles. The normalized spacial score (nSPS) is 24.4. The van der Waals surface area contributed by atoms with Crippen LogP contribution in [0.1, 0.15) is 18.9 Å². The average molecular weight is 323 g/mol. The van der Waals surface area contributed by atoms with Crippen LogP contribution in [0.4, 0.5) is 16.2 Å². The highest BCUT2D eigenvalue weighted by molar-refractivity contribution is 5.86. The fourth-order valence-corrected chi connectivity index (χ4v) is 3.93. The predicted molar refractivity (Wildman–Crippen MR) is 94.7 cm³/mol. The summed E-state index contributed by atoms with van der Waals surface area (Å²) in [7, 11) is 2.11. The van der Waals surface area contributed by atoms with E-state index in [0.717, 1.165) is 18.7 Å². The Balaban J connectivity index is 1.55. The van der Waals surface area contributed by atoms with E-state index >= 15 is 0 Å². The van der Waals surface area contributed by atoms with Gasteiger partial charge in [-0.25, -0.2) is 4.79 Å². The van der Waals surface area contributed by atoms with E-state index in [2.05, 4.69) is 29.5 Å². The Morgan fingerprint density at radius 1 is 1.29 bits per heavy atom. The molecular formula is C19H21N3O2. The summed E-state index contributed by atoms with van der Waals surface area (Å²) in [5, 5.41) is 6.29. The maximum atomic E-state index is 12.1. The van der Waals surface area contributed by atoms with Crippen LogP contribution in [-0.4, -0.2) is 25.9 Å². The molecule has 2 heterocycles. The summed E-state index contributed by atoms with van der Waals surface area (Å²) < 4.78 is 5.48. The summed E-state index contributed by atoms with van der Waals surface area (Å²) in [5.74, 6) is 0.573. The van der Waals surface area contributed by atoms with E-state index in [4.69, 9.17) is 4.74 Å². The molecule has 0 aromatic heterocycles. The molecule has 2 aliphatic heterocycles. The van der Waals surface area contributed by atoms with Crippen molar-refractivity contribution in [3.8, 4) is 5.75 Å². The summed E-state index contributed by atoms with van der Waals surface area (Å²) in [5.41, 5.74) is 3.21. The van der Waals surface area contributed by atoms with Crippen molar-refractivity contribution in [2.45, 2.75) is 24.9 Å². The van der Waals surface area contributed by atoms with Crippen molar-refractivity contribution in [3.63, 3.8) is 0 Å². The van der Waals surface area contributed by atoms with Gasteiger partial charge in [0, 0.05) is 23.8 Å². The Kier molecular flexibility index (Phi) is 3.46. The molecule has 2 atom stereocenters. The number of para-hydroxylation sites is 1. The maximum Gasteiger partial charge on any atom is 0.417 e. The van der Waals surface area contributed by atoms with Crippen molar-refractivity contribution in [3.05, 3.63) is 54.1 Å². The Morgan fingerprint density at radius 3 is 2.88 bits per heavy atom. The first-order valence-corrected chi connectivity index (χ1v) is 8.22. The lowest BCUT2D eigenvalue weighted by molar-refractivity contribution is 0.215. The fraction of sp³-hybridized carbons (Fsp3) is 0.316. The van der Waals surface area contributed by atoms with E-state index < -0.39 is 6.09 Å². The second-order valence-electron chi connectivity index (χ2n) is 6.69. The second-order valence-corrected chi connectivity index (χ2v) is 6.69. The van der Waals surface area contributed by atoms with Crippen LogP contribution >= 0.6 is 0 Å². The van der Waals surface area contributed by atoms with Gasteiger partial charge in [0.1, 0.15) is 5.75 Å². The summed E-state index contributed by atoms with van der Waals surface area (Å²) in [6.45, 7) is 3.28. The smallest absolute Gasteiger partial charge is 0.410 e. The number of carbonyl (C=O) groups is 1. The van der Waals surface area contributed by atoms with E-state index in [0.29, 0.717) is 11.9 Å². The highest BCUT2D eigenvalue weighted by atomic mass is 16.6. The number of hydrogen-bond acceptors (Lipinski definition) is 4. The molecule has 1 amide bonds. The Hall–Kier alpha value is -2.53. The van der Waals surface area contributed by atoms with Gasteiger partial charge in [-0.15, -0.1) is 0 Å². The molecule has 1 saturated heterocycles. The van der Waals surface area contributed by atoms with Crippen LogP contribution in [0.5, 0.6) is 5.75 Å². The van der Waals surface area contributed by atoms with E-state index in [1.54, 1.807) is 0 Å².